The number of rotatable bonds is 3. The van der Waals surface area contributed by atoms with Crippen LogP contribution in [0, 0.1) is 11.8 Å². The van der Waals surface area contributed by atoms with Crippen molar-refractivity contribution in [2.75, 3.05) is 6.61 Å². The Bertz CT molecular complexity index is 451. The first-order valence-electron chi connectivity index (χ1n) is 5.25. The molecule has 3 heteroatoms. The predicted octanol–water partition coefficient (Wildman–Crippen LogP) is 1.52. The van der Waals surface area contributed by atoms with Gasteiger partial charge in [0.25, 0.3) is 0 Å². The molecular formula is C14H14O3. The minimum atomic E-state index is -1.20. The van der Waals surface area contributed by atoms with E-state index in [1.807, 2.05) is 30.3 Å². The zero-order chi connectivity index (χ0) is 12.7. The second-order valence-electron chi connectivity index (χ2n) is 3.28. The van der Waals surface area contributed by atoms with Gasteiger partial charge >= 0.3 is 5.97 Å². The van der Waals surface area contributed by atoms with Crippen LogP contribution in [0.15, 0.2) is 42.5 Å². The lowest BCUT2D eigenvalue weighted by Gasteiger charge is -2.06. The quantitative estimate of drug-likeness (QED) is 0.486. The molecule has 0 aliphatic rings. The maximum absolute atomic E-state index is 11.2. The Hall–Kier alpha value is -2.05. The smallest absolute Gasteiger partial charge is 0.337 e. The fourth-order valence-electron chi connectivity index (χ4n) is 1.10. The molecule has 1 atom stereocenters. The van der Waals surface area contributed by atoms with E-state index in [9.17, 15) is 9.90 Å². The SMILES string of the molecule is C=C(C(=O)OCC)[C@H](O)C#Cc1ccccc1. The molecule has 0 aliphatic carbocycles. The molecule has 1 aromatic carbocycles. The third kappa shape index (κ3) is 4.13. The van der Waals surface area contributed by atoms with Crippen LogP contribution < -0.4 is 0 Å². The van der Waals surface area contributed by atoms with Gasteiger partial charge in [0.2, 0.25) is 0 Å². The number of carbonyl (C=O) groups is 1. The van der Waals surface area contributed by atoms with Gasteiger partial charge in [-0.1, -0.05) is 36.6 Å². The number of esters is 1. The molecule has 0 spiro atoms. The Morgan fingerprint density at radius 1 is 1.47 bits per heavy atom. The lowest BCUT2D eigenvalue weighted by atomic mass is 10.1. The van der Waals surface area contributed by atoms with Crippen LogP contribution in [0.4, 0.5) is 0 Å². The van der Waals surface area contributed by atoms with E-state index in [4.69, 9.17) is 4.74 Å². The average Bonchev–Trinajstić information content (AvgIpc) is 2.36. The number of ether oxygens (including phenoxy) is 1. The summed E-state index contributed by atoms with van der Waals surface area (Å²) in [6.45, 7) is 5.39. The molecule has 0 amide bonds. The van der Waals surface area contributed by atoms with Crippen LogP contribution in [0.3, 0.4) is 0 Å². The second-order valence-corrected chi connectivity index (χ2v) is 3.28. The van der Waals surface area contributed by atoms with E-state index in [1.54, 1.807) is 6.92 Å². The minimum Gasteiger partial charge on any atom is -0.463 e. The fourth-order valence-corrected chi connectivity index (χ4v) is 1.10. The van der Waals surface area contributed by atoms with E-state index in [2.05, 4.69) is 18.4 Å². The van der Waals surface area contributed by atoms with Gasteiger partial charge in [-0.25, -0.2) is 4.79 Å². The molecule has 17 heavy (non-hydrogen) atoms. The van der Waals surface area contributed by atoms with Crippen LogP contribution in [0.25, 0.3) is 0 Å². The Balaban J connectivity index is 2.67. The highest BCUT2D eigenvalue weighted by Crippen LogP contribution is 2.02. The highest BCUT2D eigenvalue weighted by molar-refractivity contribution is 5.89. The van der Waals surface area contributed by atoms with E-state index < -0.39 is 12.1 Å². The summed E-state index contributed by atoms with van der Waals surface area (Å²) in [6.07, 6.45) is -1.20. The molecule has 0 radical (unpaired) electrons. The Labute approximate surface area is 101 Å². The van der Waals surface area contributed by atoms with Gasteiger partial charge in [0.15, 0.2) is 0 Å². The van der Waals surface area contributed by atoms with Crippen molar-refractivity contribution >= 4 is 5.97 Å². The van der Waals surface area contributed by atoms with E-state index in [0.717, 1.165) is 5.56 Å². The molecule has 0 fully saturated rings. The standard InChI is InChI=1S/C14H14O3/c1-3-17-14(16)11(2)13(15)10-9-12-7-5-4-6-8-12/h4-8,13,15H,2-3H2,1H3/t13-/m1/s1. The molecule has 88 valence electrons. The van der Waals surface area contributed by atoms with Crippen molar-refractivity contribution in [1.82, 2.24) is 0 Å². The molecule has 0 aromatic heterocycles. The van der Waals surface area contributed by atoms with Crippen molar-refractivity contribution < 1.29 is 14.6 Å². The van der Waals surface area contributed by atoms with Gasteiger partial charge in [0.05, 0.1) is 12.2 Å². The lowest BCUT2D eigenvalue weighted by Crippen LogP contribution is -2.17. The van der Waals surface area contributed by atoms with Gasteiger partial charge in [-0.05, 0) is 19.1 Å². The van der Waals surface area contributed by atoms with E-state index >= 15 is 0 Å². The molecule has 0 saturated carbocycles. The molecule has 3 nitrogen and oxygen atoms in total. The second kappa shape index (κ2) is 6.51. The third-order valence-corrected chi connectivity index (χ3v) is 1.99. The molecule has 1 aromatic rings. The van der Waals surface area contributed by atoms with Crippen molar-refractivity contribution in [3.63, 3.8) is 0 Å². The summed E-state index contributed by atoms with van der Waals surface area (Å²) in [5.74, 6) is 4.67. The van der Waals surface area contributed by atoms with Crippen LogP contribution in [0.2, 0.25) is 0 Å². The zero-order valence-electron chi connectivity index (χ0n) is 9.64. The first-order valence-corrected chi connectivity index (χ1v) is 5.25. The lowest BCUT2D eigenvalue weighted by molar-refractivity contribution is -0.139. The van der Waals surface area contributed by atoms with E-state index in [1.165, 1.54) is 0 Å². The largest absolute Gasteiger partial charge is 0.463 e. The molecule has 0 aliphatic heterocycles. The maximum Gasteiger partial charge on any atom is 0.337 e. The van der Waals surface area contributed by atoms with Gasteiger partial charge < -0.3 is 9.84 Å². The summed E-state index contributed by atoms with van der Waals surface area (Å²) in [7, 11) is 0. The highest BCUT2D eigenvalue weighted by atomic mass is 16.5. The number of hydrogen-bond acceptors (Lipinski definition) is 3. The van der Waals surface area contributed by atoms with E-state index in [0.29, 0.717) is 0 Å². The first kappa shape index (κ1) is 13.0. The number of aliphatic hydroxyl groups excluding tert-OH is 1. The maximum atomic E-state index is 11.2. The predicted molar refractivity (Wildman–Crippen MR) is 65.1 cm³/mol. The summed E-state index contributed by atoms with van der Waals surface area (Å²) < 4.78 is 4.71. The third-order valence-electron chi connectivity index (χ3n) is 1.99. The summed E-state index contributed by atoms with van der Waals surface area (Å²) in [5, 5.41) is 9.60. The topological polar surface area (TPSA) is 46.5 Å². The molecule has 1 N–H and O–H groups in total. The molecule has 0 unspecified atom stereocenters. The fraction of sp³-hybridized carbons (Fsp3) is 0.214. The Kier molecular flexibility index (Phi) is 4.99. The minimum absolute atomic E-state index is 0.0460. The average molecular weight is 230 g/mol. The molecular weight excluding hydrogens is 216 g/mol. The summed E-state index contributed by atoms with van der Waals surface area (Å²) in [5.41, 5.74) is 0.721. The van der Waals surface area contributed by atoms with Crippen LogP contribution in [-0.2, 0) is 9.53 Å². The van der Waals surface area contributed by atoms with Crippen molar-refractivity contribution in [2.45, 2.75) is 13.0 Å². The van der Waals surface area contributed by atoms with Gasteiger partial charge in [-0.3, -0.25) is 0 Å². The highest BCUT2D eigenvalue weighted by Gasteiger charge is 2.14. The normalized spacial score (nSPS) is 10.9. The van der Waals surface area contributed by atoms with Gasteiger partial charge in [0.1, 0.15) is 6.10 Å². The molecule has 0 bridgehead atoms. The number of benzene rings is 1. The Morgan fingerprint density at radius 2 is 2.12 bits per heavy atom. The summed E-state index contributed by atoms with van der Waals surface area (Å²) >= 11 is 0. The summed E-state index contributed by atoms with van der Waals surface area (Å²) in [4.78, 5) is 11.2. The van der Waals surface area contributed by atoms with Gasteiger partial charge in [-0.2, -0.15) is 0 Å². The van der Waals surface area contributed by atoms with E-state index in [-0.39, 0.29) is 12.2 Å². The van der Waals surface area contributed by atoms with Gasteiger partial charge in [0, 0.05) is 5.56 Å². The Morgan fingerprint density at radius 3 is 2.71 bits per heavy atom. The zero-order valence-corrected chi connectivity index (χ0v) is 9.64. The van der Waals surface area contributed by atoms with Crippen molar-refractivity contribution in [3.05, 3.63) is 48.0 Å². The molecule has 1 rings (SSSR count). The monoisotopic (exact) mass is 230 g/mol. The number of carbonyl (C=O) groups excluding carboxylic acids is 1. The van der Waals surface area contributed by atoms with Crippen LogP contribution in [0.1, 0.15) is 12.5 Å². The number of aliphatic hydroxyl groups is 1. The van der Waals surface area contributed by atoms with Crippen LogP contribution >= 0.6 is 0 Å². The first-order chi connectivity index (χ1) is 8.15. The van der Waals surface area contributed by atoms with Crippen LogP contribution in [-0.4, -0.2) is 23.8 Å². The molecule has 0 heterocycles. The van der Waals surface area contributed by atoms with Crippen molar-refractivity contribution in [1.29, 1.82) is 0 Å². The summed E-state index contributed by atoms with van der Waals surface area (Å²) in [6, 6.07) is 9.19. The number of hydrogen-bond donors (Lipinski definition) is 1. The van der Waals surface area contributed by atoms with Crippen molar-refractivity contribution in [3.8, 4) is 11.8 Å². The van der Waals surface area contributed by atoms with Crippen LogP contribution in [0.5, 0.6) is 0 Å². The van der Waals surface area contributed by atoms with Crippen molar-refractivity contribution in [2.24, 2.45) is 0 Å². The molecule has 0 saturated heterocycles. The van der Waals surface area contributed by atoms with Gasteiger partial charge in [-0.15, -0.1) is 0 Å².